The van der Waals surface area contributed by atoms with E-state index in [0.29, 0.717) is 12.1 Å². The summed E-state index contributed by atoms with van der Waals surface area (Å²) in [6.45, 7) is 3.93. The number of anilines is 1. The fourth-order valence-corrected chi connectivity index (χ4v) is 4.00. The summed E-state index contributed by atoms with van der Waals surface area (Å²) in [7, 11) is 1.69. The first-order valence-electron chi connectivity index (χ1n) is 9.20. The Labute approximate surface area is 148 Å². The minimum absolute atomic E-state index is 0.474. The standard InChI is InChI=1S/C19H26N4O2/c1-24-16-6-7-18-17(12-16)19(21-13-20-18)22-14-2-4-15(5-3-14)23-8-10-25-11-9-23/h6-7,12-15H,2-5,8-11H2,1H3,(H,20,21,22). The fraction of sp³-hybridized carbons (Fsp3) is 0.579. The molecule has 25 heavy (non-hydrogen) atoms. The lowest BCUT2D eigenvalue weighted by Crippen LogP contribution is -2.46. The largest absolute Gasteiger partial charge is 0.497 e. The molecule has 2 aliphatic rings. The normalized spacial score (nSPS) is 25.0. The van der Waals surface area contributed by atoms with Gasteiger partial charge in [-0.3, -0.25) is 4.90 Å². The molecule has 0 bridgehead atoms. The molecule has 1 aromatic carbocycles. The van der Waals surface area contributed by atoms with Crippen LogP contribution in [-0.4, -0.2) is 60.4 Å². The van der Waals surface area contributed by atoms with Gasteiger partial charge in [0.1, 0.15) is 17.9 Å². The van der Waals surface area contributed by atoms with Gasteiger partial charge in [0.15, 0.2) is 0 Å². The Kier molecular flexibility index (Phi) is 4.99. The quantitative estimate of drug-likeness (QED) is 0.922. The van der Waals surface area contributed by atoms with Crippen LogP contribution in [0.2, 0.25) is 0 Å². The van der Waals surface area contributed by atoms with Gasteiger partial charge in [0.25, 0.3) is 0 Å². The summed E-state index contributed by atoms with van der Waals surface area (Å²) in [5.74, 6) is 1.75. The molecular weight excluding hydrogens is 316 g/mol. The minimum Gasteiger partial charge on any atom is -0.497 e. The van der Waals surface area contributed by atoms with Crippen molar-refractivity contribution in [1.29, 1.82) is 0 Å². The molecule has 134 valence electrons. The SMILES string of the molecule is COc1ccc2ncnc(NC3CCC(N4CCOCC4)CC3)c2c1. The van der Waals surface area contributed by atoms with Crippen LogP contribution in [0.1, 0.15) is 25.7 Å². The summed E-state index contributed by atoms with van der Waals surface area (Å²) in [6.07, 6.45) is 6.47. The molecule has 2 fully saturated rings. The van der Waals surface area contributed by atoms with E-state index in [0.717, 1.165) is 48.8 Å². The molecule has 0 amide bonds. The van der Waals surface area contributed by atoms with E-state index in [1.165, 1.54) is 25.7 Å². The van der Waals surface area contributed by atoms with Crippen molar-refractivity contribution in [1.82, 2.24) is 14.9 Å². The van der Waals surface area contributed by atoms with Gasteiger partial charge in [0.2, 0.25) is 0 Å². The zero-order valence-electron chi connectivity index (χ0n) is 14.8. The second kappa shape index (κ2) is 7.54. The van der Waals surface area contributed by atoms with Gasteiger partial charge in [-0.05, 0) is 43.9 Å². The highest BCUT2D eigenvalue weighted by atomic mass is 16.5. The van der Waals surface area contributed by atoms with E-state index < -0.39 is 0 Å². The van der Waals surface area contributed by atoms with Gasteiger partial charge >= 0.3 is 0 Å². The second-order valence-electron chi connectivity index (χ2n) is 6.90. The summed E-state index contributed by atoms with van der Waals surface area (Å²) in [4.78, 5) is 11.4. The van der Waals surface area contributed by atoms with E-state index in [1.54, 1.807) is 13.4 Å². The van der Waals surface area contributed by atoms with E-state index in [-0.39, 0.29) is 0 Å². The Morgan fingerprint density at radius 3 is 2.68 bits per heavy atom. The van der Waals surface area contributed by atoms with Crippen molar-refractivity contribution in [3.63, 3.8) is 0 Å². The molecule has 0 atom stereocenters. The maximum Gasteiger partial charge on any atom is 0.137 e. The van der Waals surface area contributed by atoms with E-state index in [2.05, 4.69) is 20.2 Å². The number of ether oxygens (including phenoxy) is 2. The van der Waals surface area contributed by atoms with Crippen LogP contribution in [0, 0.1) is 0 Å². The first-order chi connectivity index (χ1) is 12.3. The topological polar surface area (TPSA) is 59.5 Å². The molecule has 0 radical (unpaired) electrons. The first kappa shape index (κ1) is 16.5. The van der Waals surface area contributed by atoms with Crippen LogP contribution in [0.3, 0.4) is 0 Å². The fourth-order valence-electron chi connectivity index (χ4n) is 4.00. The molecule has 2 aromatic rings. The van der Waals surface area contributed by atoms with Gasteiger partial charge in [-0.15, -0.1) is 0 Å². The van der Waals surface area contributed by atoms with Gasteiger partial charge in [-0.25, -0.2) is 9.97 Å². The highest BCUT2D eigenvalue weighted by Gasteiger charge is 2.27. The molecule has 2 heterocycles. The third-order valence-corrected chi connectivity index (χ3v) is 5.44. The van der Waals surface area contributed by atoms with Crippen LogP contribution < -0.4 is 10.1 Å². The predicted octanol–water partition coefficient (Wildman–Crippen LogP) is 2.69. The highest BCUT2D eigenvalue weighted by Crippen LogP contribution is 2.29. The number of hydrogen-bond donors (Lipinski definition) is 1. The Hall–Kier alpha value is -1.92. The van der Waals surface area contributed by atoms with Gasteiger partial charge in [-0.2, -0.15) is 0 Å². The third kappa shape index (κ3) is 3.70. The van der Waals surface area contributed by atoms with E-state index >= 15 is 0 Å². The summed E-state index contributed by atoms with van der Waals surface area (Å²) in [5.41, 5.74) is 0.945. The number of aromatic nitrogens is 2. The molecule has 1 saturated heterocycles. The van der Waals surface area contributed by atoms with E-state index in [9.17, 15) is 0 Å². The Bertz CT molecular complexity index is 710. The van der Waals surface area contributed by atoms with Crippen LogP contribution in [0.5, 0.6) is 5.75 Å². The molecule has 1 aliphatic heterocycles. The number of methoxy groups -OCH3 is 1. The molecule has 1 saturated carbocycles. The lowest BCUT2D eigenvalue weighted by molar-refractivity contribution is 0.00791. The molecule has 6 nitrogen and oxygen atoms in total. The highest BCUT2D eigenvalue weighted by molar-refractivity contribution is 5.90. The van der Waals surface area contributed by atoms with Gasteiger partial charge in [-0.1, -0.05) is 0 Å². The maximum atomic E-state index is 5.47. The molecule has 1 N–H and O–H groups in total. The molecule has 1 aliphatic carbocycles. The lowest BCUT2D eigenvalue weighted by Gasteiger charge is -2.39. The number of morpholine rings is 1. The Morgan fingerprint density at radius 1 is 1.12 bits per heavy atom. The summed E-state index contributed by atoms with van der Waals surface area (Å²) < 4.78 is 10.8. The molecule has 6 heteroatoms. The monoisotopic (exact) mass is 342 g/mol. The van der Waals surface area contributed by atoms with Crippen molar-refractivity contribution < 1.29 is 9.47 Å². The molecule has 0 unspecified atom stereocenters. The molecule has 0 spiro atoms. The van der Waals surface area contributed by atoms with Crippen LogP contribution in [0.15, 0.2) is 24.5 Å². The zero-order chi connectivity index (χ0) is 17.1. The van der Waals surface area contributed by atoms with Crippen molar-refractivity contribution in [2.45, 2.75) is 37.8 Å². The van der Waals surface area contributed by atoms with Crippen LogP contribution >= 0.6 is 0 Å². The average molecular weight is 342 g/mol. The average Bonchev–Trinajstić information content (AvgIpc) is 2.69. The summed E-state index contributed by atoms with van der Waals surface area (Å²) >= 11 is 0. The van der Waals surface area contributed by atoms with Crippen molar-refractivity contribution >= 4 is 16.7 Å². The van der Waals surface area contributed by atoms with Crippen molar-refractivity contribution in [3.05, 3.63) is 24.5 Å². The summed E-state index contributed by atoms with van der Waals surface area (Å²) in [6, 6.07) is 7.12. The van der Waals surface area contributed by atoms with Crippen LogP contribution in [-0.2, 0) is 4.74 Å². The first-order valence-corrected chi connectivity index (χ1v) is 9.20. The van der Waals surface area contributed by atoms with Gasteiger partial charge in [0, 0.05) is 30.6 Å². The number of rotatable bonds is 4. The Morgan fingerprint density at radius 2 is 1.92 bits per heavy atom. The molecular formula is C19H26N4O2. The number of nitrogens with zero attached hydrogens (tertiary/aromatic N) is 3. The van der Waals surface area contributed by atoms with Crippen molar-refractivity contribution in [2.75, 3.05) is 38.7 Å². The number of nitrogens with one attached hydrogen (secondary N) is 1. The minimum atomic E-state index is 0.474. The molecule has 4 rings (SSSR count). The Balaban J connectivity index is 1.42. The second-order valence-corrected chi connectivity index (χ2v) is 6.90. The zero-order valence-corrected chi connectivity index (χ0v) is 14.8. The maximum absolute atomic E-state index is 5.47. The summed E-state index contributed by atoms with van der Waals surface area (Å²) in [5, 5.41) is 4.67. The van der Waals surface area contributed by atoms with Crippen LogP contribution in [0.4, 0.5) is 5.82 Å². The third-order valence-electron chi connectivity index (χ3n) is 5.44. The number of fused-ring (bicyclic) bond motifs is 1. The van der Waals surface area contributed by atoms with Crippen LogP contribution in [0.25, 0.3) is 10.9 Å². The smallest absolute Gasteiger partial charge is 0.137 e. The van der Waals surface area contributed by atoms with Gasteiger partial charge in [0.05, 0.1) is 25.8 Å². The lowest BCUT2D eigenvalue weighted by atomic mass is 9.90. The number of hydrogen-bond acceptors (Lipinski definition) is 6. The van der Waals surface area contributed by atoms with E-state index in [1.807, 2.05) is 18.2 Å². The van der Waals surface area contributed by atoms with Crippen molar-refractivity contribution in [2.24, 2.45) is 0 Å². The molecule has 1 aromatic heterocycles. The van der Waals surface area contributed by atoms with Crippen molar-refractivity contribution in [3.8, 4) is 5.75 Å². The predicted molar refractivity (Wildman–Crippen MR) is 98.1 cm³/mol. The van der Waals surface area contributed by atoms with E-state index in [4.69, 9.17) is 9.47 Å². The van der Waals surface area contributed by atoms with Gasteiger partial charge < -0.3 is 14.8 Å². The number of benzene rings is 1.